The molecule has 4 rings (SSSR count). The first-order valence-corrected chi connectivity index (χ1v) is 10.6. The molecule has 1 atom stereocenters. The normalized spacial score (nSPS) is 17.3. The summed E-state index contributed by atoms with van der Waals surface area (Å²) in [6.45, 7) is 0. The molecule has 1 aliphatic rings. The minimum atomic E-state index is -1.05. The molecule has 0 aliphatic carbocycles. The van der Waals surface area contributed by atoms with Crippen molar-refractivity contribution < 1.29 is 24.5 Å². The van der Waals surface area contributed by atoms with Crippen LogP contribution in [0.1, 0.15) is 32.4 Å². The van der Waals surface area contributed by atoms with Gasteiger partial charge in [-0.25, -0.2) is 9.59 Å². The zero-order valence-corrected chi connectivity index (χ0v) is 18.7. The molecule has 1 heterocycles. The topological polar surface area (TPSA) is 156 Å². The number of halogens is 1. The Balaban J connectivity index is 1.66. The average molecular weight is 492 g/mol. The molecule has 11 heteroatoms. The van der Waals surface area contributed by atoms with E-state index in [2.05, 4.69) is 21.1 Å². The molecule has 1 unspecified atom stereocenters. The summed E-state index contributed by atoms with van der Waals surface area (Å²) in [6.07, 6.45) is -0.822. The van der Waals surface area contributed by atoms with Crippen LogP contribution in [-0.4, -0.2) is 39.5 Å². The number of hydrogen-bond acceptors (Lipinski definition) is 8. The maximum absolute atomic E-state index is 11.1. The van der Waals surface area contributed by atoms with Gasteiger partial charge in [-0.05, 0) is 54.6 Å². The minimum Gasteiger partial charge on any atom is -0.478 e. The van der Waals surface area contributed by atoms with Crippen LogP contribution in [0.3, 0.4) is 0 Å². The molecule has 3 aromatic carbocycles. The van der Waals surface area contributed by atoms with Crippen LogP contribution in [0.5, 0.6) is 0 Å². The molecular weight excluding hydrogens is 474 g/mol. The Bertz CT molecular complexity index is 1350. The first-order valence-electron chi connectivity index (χ1n) is 10.2. The molecular formula is C24H18ClN5O5. The number of anilines is 2. The zero-order chi connectivity index (χ0) is 24.9. The van der Waals surface area contributed by atoms with Gasteiger partial charge >= 0.3 is 11.9 Å². The van der Waals surface area contributed by atoms with E-state index in [1.165, 1.54) is 36.4 Å². The van der Waals surface area contributed by atoms with E-state index in [9.17, 15) is 9.59 Å². The molecule has 35 heavy (non-hydrogen) atoms. The third kappa shape index (κ3) is 5.28. The van der Waals surface area contributed by atoms with Gasteiger partial charge in [-0.2, -0.15) is 10.2 Å². The summed E-state index contributed by atoms with van der Waals surface area (Å²) in [5, 5.41) is 35.5. The number of rotatable bonds is 7. The highest BCUT2D eigenvalue weighted by molar-refractivity contribution is 6.70. The van der Waals surface area contributed by atoms with Crippen molar-refractivity contribution in [3.8, 4) is 0 Å². The van der Waals surface area contributed by atoms with E-state index in [-0.39, 0.29) is 28.4 Å². The van der Waals surface area contributed by atoms with Crippen molar-refractivity contribution in [2.24, 2.45) is 10.2 Å². The predicted octanol–water partition coefficient (Wildman–Crippen LogP) is 4.72. The van der Waals surface area contributed by atoms with Gasteiger partial charge in [0.15, 0.2) is 11.8 Å². The van der Waals surface area contributed by atoms with E-state index in [0.717, 1.165) is 0 Å². The first kappa shape index (κ1) is 23.5. The van der Waals surface area contributed by atoms with E-state index >= 15 is 0 Å². The van der Waals surface area contributed by atoms with Gasteiger partial charge in [-0.15, -0.1) is 0 Å². The van der Waals surface area contributed by atoms with Gasteiger partial charge in [0, 0.05) is 10.6 Å². The lowest BCUT2D eigenvalue weighted by Gasteiger charge is -2.12. The van der Waals surface area contributed by atoms with Gasteiger partial charge in [-0.1, -0.05) is 29.8 Å². The second-order valence-electron chi connectivity index (χ2n) is 7.29. The standard InChI is InChI=1S/C24H18ClN5O5/c25-18-4-2-1-3-17(18)21-19(29-27-15-9-5-13(6-10-15)23(31)32)20(22(26)35-21)30-28-16-11-7-14(8-12-16)24(33)34/h1-12,21,26-28H,(H,31,32)(H,33,34)/b26-22?,29-19-,30-20-. The van der Waals surface area contributed by atoms with Gasteiger partial charge in [0.05, 0.1) is 22.5 Å². The second kappa shape index (κ2) is 10.1. The fourth-order valence-electron chi connectivity index (χ4n) is 3.21. The van der Waals surface area contributed by atoms with Gasteiger partial charge in [0.25, 0.3) is 0 Å². The molecule has 0 amide bonds. The van der Waals surface area contributed by atoms with Crippen LogP contribution in [0.25, 0.3) is 0 Å². The highest BCUT2D eigenvalue weighted by atomic mass is 35.5. The third-order valence-corrected chi connectivity index (χ3v) is 5.34. The van der Waals surface area contributed by atoms with Crippen LogP contribution in [0, 0.1) is 5.41 Å². The van der Waals surface area contributed by atoms with Gasteiger partial charge in [-0.3, -0.25) is 16.3 Å². The van der Waals surface area contributed by atoms with Crippen LogP contribution in [-0.2, 0) is 4.74 Å². The lowest BCUT2D eigenvalue weighted by Crippen LogP contribution is -2.20. The van der Waals surface area contributed by atoms with E-state index in [4.69, 9.17) is 32.0 Å². The number of hydrogen-bond donors (Lipinski definition) is 5. The molecule has 1 aliphatic heterocycles. The summed E-state index contributed by atoms with van der Waals surface area (Å²) >= 11 is 6.36. The Morgan fingerprint density at radius 3 is 1.86 bits per heavy atom. The molecule has 0 radical (unpaired) electrons. The zero-order valence-electron chi connectivity index (χ0n) is 17.9. The highest BCUT2D eigenvalue weighted by Crippen LogP contribution is 2.32. The molecule has 0 bridgehead atoms. The van der Waals surface area contributed by atoms with Crippen LogP contribution < -0.4 is 10.9 Å². The van der Waals surface area contributed by atoms with Gasteiger partial charge in [0.1, 0.15) is 5.71 Å². The van der Waals surface area contributed by atoms with Gasteiger partial charge < -0.3 is 14.9 Å². The van der Waals surface area contributed by atoms with E-state index in [0.29, 0.717) is 22.0 Å². The Kier molecular flexibility index (Phi) is 6.74. The number of carboxylic acids is 2. The average Bonchev–Trinajstić information content (AvgIpc) is 3.16. The van der Waals surface area contributed by atoms with E-state index < -0.39 is 18.0 Å². The van der Waals surface area contributed by atoms with Crippen molar-refractivity contribution in [1.29, 1.82) is 5.41 Å². The Hall–Kier alpha value is -4.70. The molecule has 10 nitrogen and oxygen atoms in total. The number of ether oxygens (including phenoxy) is 1. The fourth-order valence-corrected chi connectivity index (χ4v) is 3.44. The summed E-state index contributed by atoms with van der Waals surface area (Å²) in [6, 6.07) is 18.9. The summed E-state index contributed by atoms with van der Waals surface area (Å²) in [4.78, 5) is 22.1. The van der Waals surface area contributed by atoms with Gasteiger partial charge in [0.2, 0.25) is 5.90 Å². The molecule has 3 aromatic rings. The molecule has 5 N–H and O–H groups in total. The monoisotopic (exact) mass is 491 g/mol. The molecule has 176 valence electrons. The Labute approximate surface area is 204 Å². The smallest absolute Gasteiger partial charge is 0.335 e. The summed E-state index contributed by atoms with van der Waals surface area (Å²) in [7, 11) is 0. The number of hydrazone groups is 2. The van der Waals surface area contributed by atoms with E-state index in [1.54, 1.807) is 36.4 Å². The minimum absolute atomic E-state index is 0.104. The third-order valence-electron chi connectivity index (χ3n) is 5.00. The number of carboxylic acid groups (broad SMARTS) is 2. The molecule has 1 saturated heterocycles. The number of aromatic carboxylic acids is 2. The Morgan fingerprint density at radius 1 is 0.829 bits per heavy atom. The van der Waals surface area contributed by atoms with Crippen molar-refractivity contribution in [2.45, 2.75) is 6.10 Å². The van der Waals surface area contributed by atoms with Crippen LogP contribution in [0.2, 0.25) is 5.02 Å². The van der Waals surface area contributed by atoms with E-state index in [1.807, 2.05) is 0 Å². The second-order valence-corrected chi connectivity index (χ2v) is 7.70. The summed E-state index contributed by atoms with van der Waals surface area (Å²) in [5.41, 5.74) is 7.83. The van der Waals surface area contributed by atoms with Crippen molar-refractivity contribution in [3.05, 3.63) is 94.5 Å². The van der Waals surface area contributed by atoms with Crippen molar-refractivity contribution in [2.75, 3.05) is 10.9 Å². The number of nitrogens with one attached hydrogen (secondary N) is 3. The van der Waals surface area contributed by atoms with Crippen molar-refractivity contribution in [1.82, 2.24) is 0 Å². The summed E-state index contributed by atoms with van der Waals surface area (Å²) < 4.78 is 5.73. The van der Waals surface area contributed by atoms with Crippen LogP contribution >= 0.6 is 11.6 Å². The lowest BCUT2D eigenvalue weighted by atomic mass is 10.0. The SMILES string of the molecule is N=C1OC(c2ccccc2Cl)C(=N\Nc2ccc(C(=O)O)cc2)/C1=N/Nc1ccc(C(=O)O)cc1. The van der Waals surface area contributed by atoms with Crippen molar-refractivity contribution in [3.63, 3.8) is 0 Å². The summed E-state index contributed by atoms with van der Waals surface area (Å²) in [5.74, 6) is -2.34. The largest absolute Gasteiger partial charge is 0.478 e. The quantitative estimate of drug-likeness (QED) is 0.299. The fraction of sp³-hybridized carbons (Fsp3) is 0.0417. The molecule has 1 fully saturated rings. The Morgan fingerprint density at radius 2 is 1.34 bits per heavy atom. The van der Waals surface area contributed by atoms with Crippen LogP contribution in [0.15, 0.2) is 83.0 Å². The first-order chi connectivity index (χ1) is 16.8. The number of carbonyl (C=O) groups is 2. The maximum atomic E-state index is 11.1. The van der Waals surface area contributed by atoms with Crippen molar-refractivity contribution >= 4 is 52.2 Å². The molecule has 0 aromatic heterocycles. The molecule has 0 saturated carbocycles. The lowest BCUT2D eigenvalue weighted by molar-refractivity contribution is 0.0686. The number of benzene rings is 3. The highest BCUT2D eigenvalue weighted by Gasteiger charge is 2.38. The van der Waals surface area contributed by atoms with Crippen LogP contribution in [0.4, 0.5) is 11.4 Å². The maximum Gasteiger partial charge on any atom is 0.335 e. The predicted molar refractivity (Wildman–Crippen MR) is 132 cm³/mol. The molecule has 0 spiro atoms. The number of nitrogens with zero attached hydrogens (tertiary/aromatic N) is 2.